The van der Waals surface area contributed by atoms with Crippen LogP contribution in [0.1, 0.15) is 430 Å². The van der Waals surface area contributed by atoms with Gasteiger partial charge < -0.3 is 24.0 Å². The first kappa shape index (κ1) is 107. The Bertz CT molecular complexity index is 1900. The van der Waals surface area contributed by atoms with Crippen molar-refractivity contribution in [2.75, 3.05) is 0 Å². The first-order chi connectivity index (χ1) is 48.2. The van der Waals surface area contributed by atoms with Crippen LogP contribution in [0.25, 0.3) is 0 Å². The van der Waals surface area contributed by atoms with Crippen molar-refractivity contribution in [1.29, 1.82) is 10.6 Å². The second-order valence-corrected chi connectivity index (χ2v) is 29.6. The smallest absolute Gasteiger partial charge is 0.134 e. The van der Waals surface area contributed by atoms with Gasteiger partial charge in [0.15, 0.2) is 0 Å². The predicted molar refractivity (Wildman–Crippen MR) is 466 cm³/mol. The van der Waals surface area contributed by atoms with Crippen LogP contribution in [0.3, 0.4) is 0 Å². The number of hydrogen-bond acceptors (Lipinski definition) is 4. The van der Waals surface area contributed by atoms with Gasteiger partial charge in [0.2, 0.25) is 0 Å². The molecule has 6 nitrogen and oxygen atoms in total. The zero-order valence-electron chi connectivity index (χ0n) is 68.2. The number of ketones is 2. The second kappa shape index (κ2) is 90.0. The minimum Gasteiger partial charge on any atom is -1.00 e. The molecule has 1 aliphatic rings. The number of carbonyl (C=O) groups excluding carboxylic acids is 2. The third-order valence-electron chi connectivity index (χ3n) is 18.8. The van der Waals surface area contributed by atoms with Crippen molar-refractivity contribution in [3.63, 3.8) is 0 Å². The zero-order valence-corrected chi connectivity index (χ0v) is 74.6. The molecule has 1 rings (SSSR count). The molecule has 0 saturated heterocycles. The average molecular weight is 1730 g/mol. The Hall–Kier alpha value is -1.35. The number of Topliss-reactive ketones (excluding diaryl/α,β-unsaturated/α-hetero) is 2. The number of unbranched alkanes of at least 4 members (excludes halogenated alkanes) is 36. The van der Waals surface area contributed by atoms with Crippen LogP contribution < -0.4 is 24.0 Å². The van der Waals surface area contributed by atoms with E-state index in [9.17, 15) is 9.59 Å². The molecular weight excluding hydrogens is 1560 g/mol. The van der Waals surface area contributed by atoms with Crippen molar-refractivity contribution in [3.05, 3.63) is 97.2 Å². The normalized spacial score (nSPS) is 12.7. The van der Waals surface area contributed by atoms with E-state index in [-0.39, 0.29) is 24.0 Å². The van der Waals surface area contributed by atoms with E-state index in [2.05, 4.69) is 204 Å². The SMILES string of the molecule is CC(C)=[N+](B=N)C(C)C.CC(C)N(B=N)C(C)C.CCCCC/C=C\C/C=C\CCCCCCCCC(=O)CCCCCCCC/C=C\C/C=C\CCCCC.CCCCC/C=C\C/C=C\CCCCCCCCC1(CCCCCCCC/C=C\C/C=C\CCCCC)CC(=O)C1.II.[I-]. The number of nitrogens with one attached hydrogen (secondary N) is 2. The van der Waals surface area contributed by atoms with Crippen LogP contribution in [0.5, 0.6) is 0 Å². The monoisotopic (exact) mass is 1730 g/mol. The number of halogens is 3. The second-order valence-electron chi connectivity index (χ2n) is 29.6. The van der Waals surface area contributed by atoms with E-state index in [0.717, 1.165) is 64.2 Å². The molecule has 0 aromatic heterocycles. The maximum Gasteiger partial charge on any atom is 0.134 e. The minimum atomic E-state index is 0. The van der Waals surface area contributed by atoms with E-state index >= 15 is 0 Å². The van der Waals surface area contributed by atoms with Crippen molar-refractivity contribution in [2.45, 2.75) is 448 Å². The summed E-state index contributed by atoms with van der Waals surface area (Å²) >= 11 is 4.24. The van der Waals surface area contributed by atoms with Crippen LogP contribution in [-0.2, 0) is 9.59 Å². The van der Waals surface area contributed by atoms with Gasteiger partial charge in [0, 0.05) is 62.9 Å². The van der Waals surface area contributed by atoms with Gasteiger partial charge in [0.25, 0.3) is 0 Å². The van der Waals surface area contributed by atoms with Crippen LogP contribution in [0.2, 0.25) is 0 Å². The molecule has 0 atom stereocenters. The minimum absolute atomic E-state index is 0. The Labute approximate surface area is 667 Å². The third-order valence-corrected chi connectivity index (χ3v) is 18.8. The summed E-state index contributed by atoms with van der Waals surface area (Å²) in [4.78, 5) is 26.0. The summed E-state index contributed by atoms with van der Waals surface area (Å²) < 4.78 is 1.92. The van der Waals surface area contributed by atoms with Gasteiger partial charge in [-0.3, -0.25) is 9.59 Å². The van der Waals surface area contributed by atoms with Gasteiger partial charge in [-0.1, -0.05) is 292 Å². The molecular formula is C89H165B2I3N4O2. The zero-order chi connectivity index (χ0) is 74.0. The molecule has 0 spiro atoms. The van der Waals surface area contributed by atoms with Crippen LogP contribution in [-0.4, -0.2) is 59.1 Å². The predicted octanol–water partition coefficient (Wildman–Crippen LogP) is 28.2. The van der Waals surface area contributed by atoms with Gasteiger partial charge in [-0.25, -0.2) is 0 Å². The number of nitrogens with zero attached hydrogens (tertiary/aromatic N) is 2. The molecule has 1 aliphatic carbocycles. The van der Waals surface area contributed by atoms with Crippen LogP contribution in [0.15, 0.2) is 97.2 Å². The molecule has 580 valence electrons. The maximum absolute atomic E-state index is 12.1. The van der Waals surface area contributed by atoms with Crippen molar-refractivity contribution in [3.8, 4) is 0 Å². The van der Waals surface area contributed by atoms with Gasteiger partial charge in [-0.15, -0.1) is 0 Å². The van der Waals surface area contributed by atoms with Crippen LogP contribution in [0, 0.1) is 16.0 Å². The van der Waals surface area contributed by atoms with E-state index < -0.39 is 0 Å². The molecule has 100 heavy (non-hydrogen) atoms. The molecule has 1 saturated carbocycles. The van der Waals surface area contributed by atoms with E-state index in [1.165, 1.54) is 303 Å². The van der Waals surface area contributed by atoms with Gasteiger partial charge in [-0.2, -0.15) is 0 Å². The fourth-order valence-corrected chi connectivity index (χ4v) is 12.7. The van der Waals surface area contributed by atoms with Gasteiger partial charge in [0.05, 0.1) is 0 Å². The summed E-state index contributed by atoms with van der Waals surface area (Å²) in [6.45, 7) is 25.5. The topological polar surface area (TPSA) is 88.1 Å². The van der Waals surface area contributed by atoms with Gasteiger partial charge >= 0.3 is 114 Å². The van der Waals surface area contributed by atoms with Crippen molar-refractivity contribution in [2.24, 2.45) is 5.41 Å². The summed E-state index contributed by atoms with van der Waals surface area (Å²) in [5.74, 6) is 1.02. The van der Waals surface area contributed by atoms with E-state index in [0.29, 0.717) is 35.1 Å². The fourth-order valence-electron chi connectivity index (χ4n) is 12.7. The van der Waals surface area contributed by atoms with E-state index in [4.69, 9.17) is 10.6 Å². The van der Waals surface area contributed by atoms with Crippen molar-refractivity contribution >= 4 is 68.9 Å². The average Bonchev–Trinajstić information content (AvgIpc) is 0.803. The number of carbonyl (C=O) groups is 2. The Balaban J connectivity index is -0.000000468. The van der Waals surface area contributed by atoms with Crippen LogP contribution >= 0.6 is 37.2 Å². The molecule has 0 aromatic rings. The van der Waals surface area contributed by atoms with E-state index in [1.807, 2.05) is 23.1 Å². The number of hydrogen-bond donors (Lipinski definition) is 2. The van der Waals surface area contributed by atoms with Gasteiger partial charge in [0.1, 0.15) is 11.6 Å². The molecule has 0 heterocycles. The van der Waals surface area contributed by atoms with Gasteiger partial charge in [-0.05, 0) is 160 Å². The molecule has 11 heteroatoms. The Morgan fingerprint density at radius 1 is 0.400 bits per heavy atom. The van der Waals surface area contributed by atoms with Crippen LogP contribution in [0.4, 0.5) is 0 Å². The molecule has 0 unspecified atom stereocenters. The largest absolute Gasteiger partial charge is 1.00 e. The summed E-state index contributed by atoms with van der Waals surface area (Å²) in [5, 5.41) is 14.0. The standard InChI is InChI=1S/C40H70O.C37H66O.C6H15BN2.C6H14BN2.I2.HI/c1-3-5-7-9-11-13-15-17-19-21-23-25-27-29-31-33-35-40(37-39(41)38-40)36-34-32-30-28-26-24-22-20-18-16-14-12-10-8-6-4-2;1-3-5-7-9-11-13-15-17-19-21-23-25-27-29-31-33-35-37(38)36-34-32-30-28-26-24-22-20-18-16-14-12-10-8-6-4-2;2*1-5(2)9(7-8)6(3)4;1-2;/h11-14,17-20H,3-10,15-16,21-38H2,1-2H3;11-14,17-20H,3-10,15-16,21-36H2,1-2H3;5-6,8H,1-4H3;5,8H,1-4H3;;1H/q;;;+1;;/p-1/b2*13-11-,14-12-,19-17-,20-18-;;;;. The molecule has 0 radical (unpaired) electrons. The molecule has 0 bridgehead atoms. The number of allylic oxidation sites excluding steroid dienone is 16. The Morgan fingerprint density at radius 2 is 0.630 bits per heavy atom. The van der Waals surface area contributed by atoms with E-state index in [1.54, 1.807) is 0 Å². The summed E-state index contributed by atoms with van der Waals surface area (Å²) in [5.41, 5.74) is 1.56. The first-order valence-electron chi connectivity index (χ1n) is 42.0. The molecule has 0 aliphatic heterocycles. The summed E-state index contributed by atoms with van der Waals surface area (Å²) in [7, 11) is 2.76. The fraction of sp³-hybridized carbons (Fsp3) is 0.787. The third kappa shape index (κ3) is 83.9. The van der Waals surface area contributed by atoms with Crippen molar-refractivity contribution in [1.82, 2.24) is 4.81 Å². The van der Waals surface area contributed by atoms with Crippen molar-refractivity contribution < 1.29 is 38.1 Å². The first-order valence-corrected chi connectivity index (χ1v) is 48.2. The molecule has 0 aromatic carbocycles. The molecule has 0 amide bonds. The Kier molecular flexibility index (Phi) is 96.6. The summed E-state index contributed by atoms with van der Waals surface area (Å²) in [6.07, 6.45) is 105. The number of rotatable bonds is 65. The molecule has 2 N–H and O–H groups in total. The quantitative estimate of drug-likeness (QED) is 0.0209. The maximum atomic E-state index is 12.1. The summed E-state index contributed by atoms with van der Waals surface area (Å²) in [6, 6.07) is 1.30. The molecule has 1 fully saturated rings. The Morgan fingerprint density at radius 3 is 0.810 bits per heavy atom.